The Hall–Kier alpha value is -4.48. The van der Waals surface area contributed by atoms with Gasteiger partial charge in [-0.05, 0) is 127 Å². The van der Waals surface area contributed by atoms with Crippen LogP contribution in [-0.4, -0.2) is 66.5 Å². The molecule has 0 aliphatic carbocycles. The van der Waals surface area contributed by atoms with Gasteiger partial charge in [-0.25, -0.2) is 4.79 Å². The Kier molecular flexibility index (Phi) is 14.4. The van der Waals surface area contributed by atoms with E-state index in [-0.39, 0.29) is 24.0 Å². The molecule has 2 amide bonds. The minimum absolute atomic E-state index is 0.0621. The third-order valence-corrected chi connectivity index (χ3v) is 11.5. The molecule has 0 bridgehead atoms. The second kappa shape index (κ2) is 19.6. The van der Waals surface area contributed by atoms with E-state index in [0.717, 1.165) is 77.2 Å². The van der Waals surface area contributed by atoms with Crippen LogP contribution in [0.15, 0.2) is 102 Å². The molecular weight excluding hydrogens is 783 g/mol. The highest BCUT2D eigenvalue weighted by Gasteiger charge is 2.41. The van der Waals surface area contributed by atoms with Gasteiger partial charge < -0.3 is 19.9 Å². The monoisotopic (exact) mass is 831 g/mol. The fraction of sp³-hybridized carbons (Fsp3) is 0.400. The van der Waals surface area contributed by atoms with Crippen molar-refractivity contribution in [2.45, 2.75) is 70.5 Å². The molecule has 2 saturated heterocycles. The lowest BCUT2D eigenvalue weighted by Gasteiger charge is -2.32. The lowest BCUT2D eigenvalue weighted by Crippen LogP contribution is -2.38. The number of ether oxygens (including phenoxy) is 1. The fourth-order valence-corrected chi connectivity index (χ4v) is 8.20. The topological polar surface area (TPSA) is 79.0 Å². The molecule has 296 valence electrons. The van der Waals surface area contributed by atoms with Crippen LogP contribution in [0.2, 0.25) is 0 Å². The van der Waals surface area contributed by atoms with E-state index in [1.54, 1.807) is 17.0 Å². The van der Waals surface area contributed by atoms with E-state index < -0.39 is 12.1 Å². The summed E-state index contributed by atoms with van der Waals surface area (Å²) in [5, 5.41) is 3.45. The lowest BCUT2D eigenvalue weighted by molar-refractivity contribution is -0.189. The quantitative estimate of drug-likeness (QED) is 0.101. The van der Waals surface area contributed by atoms with Crippen molar-refractivity contribution in [3.8, 4) is 16.9 Å². The van der Waals surface area contributed by atoms with E-state index in [1.807, 2.05) is 77.7 Å². The number of alkyl halides is 3. The van der Waals surface area contributed by atoms with Crippen molar-refractivity contribution in [2.24, 2.45) is 11.8 Å². The second-order valence-electron chi connectivity index (χ2n) is 15.0. The van der Waals surface area contributed by atoms with Gasteiger partial charge in [0.25, 0.3) is 5.91 Å². The van der Waals surface area contributed by atoms with Gasteiger partial charge in [-0.1, -0.05) is 89.8 Å². The summed E-state index contributed by atoms with van der Waals surface area (Å²) in [6.45, 7) is 4.54. The SMILES string of the molecule is O=C(Cc1cccc(Br)c1)N(CCc1ccc(OC(=O)C(F)(F)F)cc1)Cc1cccc(-c2cccc(C(=O)N3CCC(CCCC4CCNCC4)CC3)c2)c1. The number of carbonyl (C=O) groups is 3. The Morgan fingerprint density at radius 2 is 1.41 bits per heavy atom. The minimum atomic E-state index is -5.09. The Bertz CT molecular complexity index is 1940. The highest BCUT2D eigenvalue weighted by molar-refractivity contribution is 9.10. The maximum Gasteiger partial charge on any atom is 0.491 e. The van der Waals surface area contributed by atoms with Crippen molar-refractivity contribution in [3.05, 3.63) is 124 Å². The number of nitrogens with one attached hydrogen (secondary N) is 1. The van der Waals surface area contributed by atoms with E-state index in [0.29, 0.717) is 31.0 Å². The Morgan fingerprint density at radius 3 is 2.11 bits per heavy atom. The summed E-state index contributed by atoms with van der Waals surface area (Å²) in [6.07, 6.45) is 4.09. The van der Waals surface area contributed by atoms with Crippen LogP contribution in [0, 0.1) is 11.8 Å². The van der Waals surface area contributed by atoms with Crippen LogP contribution in [0.4, 0.5) is 13.2 Å². The van der Waals surface area contributed by atoms with Gasteiger partial charge >= 0.3 is 12.1 Å². The zero-order valence-electron chi connectivity index (χ0n) is 31.5. The van der Waals surface area contributed by atoms with E-state index >= 15 is 0 Å². The Labute approximate surface area is 335 Å². The largest absolute Gasteiger partial charge is 0.491 e. The van der Waals surface area contributed by atoms with Crippen LogP contribution in [0.3, 0.4) is 0 Å². The summed E-state index contributed by atoms with van der Waals surface area (Å²) in [7, 11) is 0. The number of amides is 2. The number of benzene rings is 4. The first-order valence-electron chi connectivity index (χ1n) is 19.6. The highest BCUT2D eigenvalue weighted by Crippen LogP contribution is 2.29. The number of hydrogen-bond acceptors (Lipinski definition) is 5. The standard InChI is InChI=1S/C45H49BrF3N3O4/c46-40-12-3-7-35(28-40)29-42(53)52(26-21-34-13-15-41(16-14-34)56-44(55)45(47,48)49)31-36-8-2-9-37(27-36)38-10-4-11-39(30-38)43(54)51-24-19-33(20-25-51)6-1-5-32-17-22-50-23-18-32/h2-4,7-16,27-28,30,32-33,50H,1,5-6,17-26,29,31H2. The number of likely N-dealkylation sites (tertiary alicyclic amines) is 1. The van der Waals surface area contributed by atoms with Gasteiger partial charge in [0.05, 0.1) is 6.42 Å². The molecule has 0 aromatic heterocycles. The lowest BCUT2D eigenvalue weighted by atomic mass is 9.87. The average Bonchev–Trinajstić information content (AvgIpc) is 3.20. The van der Waals surface area contributed by atoms with Gasteiger partial charge in [0.1, 0.15) is 5.75 Å². The first kappa shape index (κ1) is 41.2. The zero-order valence-corrected chi connectivity index (χ0v) is 33.1. The Morgan fingerprint density at radius 1 is 0.768 bits per heavy atom. The van der Waals surface area contributed by atoms with E-state index in [1.165, 1.54) is 44.2 Å². The first-order chi connectivity index (χ1) is 27.0. The summed E-state index contributed by atoms with van der Waals surface area (Å²) in [5.41, 5.74) is 5.07. The smallest absolute Gasteiger partial charge is 0.420 e. The summed E-state index contributed by atoms with van der Waals surface area (Å²) in [4.78, 5) is 42.5. The van der Waals surface area contributed by atoms with Gasteiger partial charge in [0.2, 0.25) is 5.91 Å². The summed E-state index contributed by atoms with van der Waals surface area (Å²) in [5.74, 6) is -0.954. The molecule has 0 saturated carbocycles. The number of hydrogen-bond donors (Lipinski definition) is 1. The maximum absolute atomic E-state index is 13.8. The van der Waals surface area contributed by atoms with Gasteiger partial charge in [-0.2, -0.15) is 13.2 Å². The average molecular weight is 833 g/mol. The molecule has 56 heavy (non-hydrogen) atoms. The molecule has 2 aliphatic rings. The number of carbonyl (C=O) groups excluding carboxylic acids is 3. The normalized spacial score (nSPS) is 15.4. The third-order valence-electron chi connectivity index (χ3n) is 11.0. The molecule has 4 aromatic carbocycles. The Balaban J connectivity index is 1.09. The van der Waals surface area contributed by atoms with Crippen LogP contribution >= 0.6 is 15.9 Å². The van der Waals surface area contributed by atoms with Crippen LogP contribution in [0.1, 0.15) is 72.0 Å². The van der Waals surface area contributed by atoms with Crippen LogP contribution in [-0.2, 0) is 29.0 Å². The van der Waals surface area contributed by atoms with Crippen molar-refractivity contribution in [1.82, 2.24) is 15.1 Å². The summed E-state index contributed by atoms with van der Waals surface area (Å²) >= 11 is 3.48. The third kappa shape index (κ3) is 12.0. The van der Waals surface area contributed by atoms with Crippen molar-refractivity contribution < 1.29 is 32.3 Å². The predicted molar refractivity (Wildman–Crippen MR) is 215 cm³/mol. The second-order valence-corrected chi connectivity index (χ2v) is 16.0. The van der Waals surface area contributed by atoms with Gasteiger partial charge in [-0.15, -0.1) is 0 Å². The molecule has 2 aliphatic heterocycles. The van der Waals surface area contributed by atoms with Gasteiger partial charge in [0.15, 0.2) is 0 Å². The van der Waals surface area contributed by atoms with E-state index in [4.69, 9.17) is 0 Å². The molecule has 1 N–H and O–H groups in total. The molecule has 2 heterocycles. The molecular formula is C45H49BrF3N3O4. The molecule has 0 radical (unpaired) electrons. The number of esters is 1. The first-order valence-corrected chi connectivity index (χ1v) is 20.4. The fourth-order valence-electron chi connectivity index (χ4n) is 7.75. The summed E-state index contributed by atoms with van der Waals surface area (Å²) < 4.78 is 43.2. The molecule has 0 spiro atoms. The van der Waals surface area contributed by atoms with Crippen molar-refractivity contribution in [2.75, 3.05) is 32.7 Å². The van der Waals surface area contributed by atoms with Crippen molar-refractivity contribution >= 4 is 33.7 Å². The van der Waals surface area contributed by atoms with Gasteiger partial charge in [-0.3, -0.25) is 9.59 Å². The molecule has 0 unspecified atom stereocenters. The predicted octanol–water partition coefficient (Wildman–Crippen LogP) is 9.42. The summed E-state index contributed by atoms with van der Waals surface area (Å²) in [6, 6.07) is 29.1. The number of halogens is 4. The molecule has 7 nitrogen and oxygen atoms in total. The van der Waals surface area contributed by atoms with Crippen molar-refractivity contribution in [3.63, 3.8) is 0 Å². The molecule has 0 atom stereocenters. The van der Waals surface area contributed by atoms with Crippen LogP contribution < -0.4 is 10.1 Å². The highest BCUT2D eigenvalue weighted by atomic mass is 79.9. The van der Waals surface area contributed by atoms with Crippen molar-refractivity contribution in [1.29, 1.82) is 0 Å². The zero-order chi connectivity index (χ0) is 39.5. The van der Waals surface area contributed by atoms with E-state index in [9.17, 15) is 27.6 Å². The number of nitrogens with zero attached hydrogens (tertiary/aromatic N) is 2. The van der Waals surface area contributed by atoms with Gasteiger partial charge in [0, 0.05) is 36.2 Å². The maximum atomic E-state index is 13.8. The molecule has 4 aromatic rings. The van der Waals surface area contributed by atoms with Crippen LogP contribution in [0.5, 0.6) is 5.75 Å². The van der Waals surface area contributed by atoms with E-state index in [2.05, 4.69) is 26.0 Å². The van der Waals surface area contributed by atoms with Crippen LogP contribution in [0.25, 0.3) is 11.1 Å². The molecule has 11 heteroatoms. The minimum Gasteiger partial charge on any atom is -0.420 e. The molecule has 6 rings (SSSR count). The number of rotatable bonds is 14. The molecule has 2 fully saturated rings. The number of piperidine rings is 2.